The zero-order valence-electron chi connectivity index (χ0n) is 13.3. The van der Waals surface area contributed by atoms with Gasteiger partial charge in [-0.3, -0.25) is 8.78 Å². The van der Waals surface area contributed by atoms with Crippen molar-refractivity contribution in [3.63, 3.8) is 0 Å². The molecule has 0 radical (unpaired) electrons. The van der Waals surface area contributed by atoms with Gasteiger partial charge < -0.3 is 0 Å². The van der Waals surface area contributed by atoms with Crippen molar-refractivity contribution in [2.24, 2.45) is 0 Å². The molecule has 0 bridgehead atoms. The molecule has 23 heavy (non-hydrogen) atoms. The Morgan fingerprint density at radius 3 is 1.39 bits per heavy atom. The van der Waals surface area contributed by atoms with E-state index in [-0.39, 0.29) is 25.2 Å². The molecule has 2 unspecified atom stereocenters. The molecule has 2 atom stereocenters. The molecule has 0 saturated heterocycles. The molecule has 0 saturated carbocycles. The molecule has 0 aliphatic heterocycles. The maximum absolute atomic E-state index is 13.2. The maximum Gasteiger partial charge on any atom is 0.0963 e. The monoisotopic (exact) mass is 334 g/mol. The summed E-state index contributed by atoms with van der Waals surface area (Å²) in [5.74, 6) is 1.79. The van der Waals surface area contributed by atoms with E-state index >= 15 is 0 Å². The summed E-state index contributed by atoms with van der Waals surface area (Å²) in [7, 11) is 0. The number of alkyl halides is 2. The molecular weight excluding hydrogens is 310 g/mol. The SMILES string of the molecule is FCC(CCSCCC(CF)c1ccccc1)c1ccccc1. The van der Waals surface area contributed by atoms with Crippen LogP contribution < -0.4 is 0 Å². The van der Waals surface area contributed by atoms with Gasteiger partial charge in [0.15, 0.2) is 0 Å². The lowest BCUT2D eigenvalue weighted by Gasteiger charge is -2.15. The number of halogens is 2. The van der Waals surface area contributed by atoms with E-state index < -0.39 is 0 Å². The van der Waals surface area contributed by atoms with Crippen LogP contribution in [0.3, 0.4) is 0 Å². The normalized spacial score (nSPS) is 13.7. The largest absolute Gasteiger partial charge is 0.250 e. The number of rotatable bonds is 10. The molecule has 0 aliphatic rings. The first-order chi connectivity index (χ1) is 11.3. The molecule has 0 N–H and O–H groups in total. The van der Waals surface area contributed by atoms with Crippen molar-refractivity contribution in [2.75, 3.05) is 24.9 Å². The molecule has 0 fully saturated rings. The number of hydrogen-bond acceptors (Lipinski definition) is 1. The summed E-state index contributed by atoms with van der Waals surface area (Å²) in [4.78, 5) is 0. The number of thioether (sulfide) groups is 1. The minimum Gasteiger partial charge on any atom is -0.250 e. The third kappa shape index (κ3) is 5.98. The van der Waals surface area contributed by atoms with Crippen LogP contribution in [-0.4, -0.2) is 24.9 Å². The molecule has 0 aliphatic carbocycles. The fourth-order valence-electron chi connectivity index (χ4n) is 2.67. The van der Waals surface area contributed by atoms with Crippen molar-refractivity contribution in [1.29, 1.82) is 0 Å². The van der Waals surface area contributed by atoms with Gasteiger partial charge in [-0.25, -0.2) is 0 Å². The van der Waals surface area contributed by atoms with Gasteiger partial charge in [0.2, 0.25) is 0 Å². The minimum absolute atomic E-state index is 0.0187. The third-order valence-corrected chi connectivity index (χ3v) is 5.18. The van der Waals surface area contributed by atoms with Crippen LogP contribution >= 0.6 is 11.8 Å². The summed E-state index contributed by atoms with van der Waals surface area (Å²) in [5, 5.41) is 0. The highest BCUT2D eigenvalue weighted by molar-refractivity contribution is 7.99. The van der Waals surface area contributed by atoms with Gasteiger partial charge in [0.25, 0.3) is 0 Å². The molecule has 0 amide bonds. The van der Waals surface area contributed by atoms with Crippen molar-refractivity contribution < 1.29 is 8.78 Å². The summed E-state index contributed by atoms with van der Waals surface area (Å²) < 4.78 is 26.4. The number of benzene rings is 2. The Balaban J connectivity index is 1.70. The Kier molecular flexibility index (Phi) is 8.16. The van der Waals surface area contributed by atoms with E-state index in [0.29, 0.717) is 0 Å². The maximum atomic E-state index is 13.2. The van der Waals surface area contributed by atoms with E-state index in [2.05, 4.69) is 0 Å². The average molecular weight is 334 g/mol. The lowest BCUT2D eigenvalue weighted by Crippen LogP contribution is -2.05. The second-order valence-corrected chi connectivity index (χ2v) is 6.94. The van der Waals surface area contributed by atoms with Crippen molar-refractivity contribution in [2.45, 2.75) is 24.7 Å². The Hall–Kier alpha value is -1.35. The van der Waals surface area contributed by atoms with Crippen LogP contribution in [0.4, 0.5) is 8.78 Å². The topological polar surface area (TPSA) is 0 Å². The van der Waals surface area contributed by atoms with Crippen LogP contribution in [0.5, 0.6) is 0 Å². The van der Waals surface area contributed by atoms with Gasteiger partial charge >= 0.3 is 0 Å². The van der Waals surface area contributed by atoms with Crippen LogP contribution in [0, 0.1) is 0 Å². The quantitative estimate of drug-likeness (QED) is 0.480. The highest BCUT2D eigenvalue weighted by Crippen LogP contribution is 2.25. The summed E-state index contributed by atoms with van der Waals surface area (Å²) in [5.41, 5.74) is 2.14. The lowest BCUT2D eigenvalue weighted by molar-refractivity contribution is 0.423. The molecule has 2 aromatic rings. The molecule has 0 nitrogen and oxygen atoms in total. The second-order valence-electron chi connectivity index (χ2n) is 5.71. The smallest absolute Gasteiger partial charge is 0.0963 e. The highest BCUT2D eigenvalue weighted by Gasteiger charge is 2.12. The van der Waals surface area contributed by atoms with E-state index in [4.69, 9.17) is 0 Å². The molecule has 0 heterocycles. The van der Waals surface area contributed by atoms with E-state index in [9.17, 15) is 8.78 Å². The van der Waals surface area contributed by atoms with Gasteiger partial charge in [-0.15, -0.1) is 0 Å². The first-order valence-corrected chi connectivity index (χ1v) is 9.30. The van der Waals surface area contributed by atoms with E-state index in [1.165, 1.54) is 0 Å². The zero-order chi connectivity index (χ0) is 16.3. The molecule has 2 aromatic carbocycles. The molecular formula is C20H24F2S. The molecule has 0 aromatic heterocycles. The fraction of sp³-hybridized carbons (Fsp3) is 0.400. The third-order valence-electron chi connectivity index (χ3n) is 4.14. The van der Waals surface area contributed by atoms with Crippen LogP contribution in [-0.2, 0) is 0 Å². The predicted molar refractivity (Wildman–Crippen MR) is 96.9 cm³/mol. The predicted octanol–water partition coefficient (Wildman–Crippen LogP) is 6.01. The summed E-state index contributed by atoms with van der Waals surface area (Å²) in [6.45, 7) is -0.636. The first-order valence-electron chi connectivity index (χ1n) is 8.14. The van der Waals surface area contributed by atoms with E-state index in [0.717, 1.165) is 35.5 Å². The molecule has 124 valence electrons. The van der Waals surface area contributed by atoms with Crippen molar-refractivity contribution in [3.8, 4) is 0 Å². The first kappa shape index (κ1) is 18.0. The highest BCUT2D eigenvalue weighted by atomic mass is 32.2. The van der Waals surface area contributed by atoms with Gasteiger partial charge in [-0.2, -0.15) is 11.8 Å². The summed E-state index contributed by atoms with van der Waals surface area (Å²) in [6.07, 6.45) is 1.66. The Bertz CT molecular complexity index is 480. The van der Waals surface area contributed by atoms with E-state index in [1.54, 1.807) is 11.8 Å². The van der Waals surface area contributed by atoms with Gasteiger partial charge in [0, 0.05) is 11.8 Å². The Morgan fingerprint density at radius 2 is 1.04 bits per heavy atom. The van der Waals surface area contributed by atoms with Crippen molar-refractivity contribution in [1.82, 2.24) is 0 Å². The second kappa shape index (κ2) is 10.4. The Labute approximate surface area is 142 Å². The van der Waals surface area contributed by atoms with Crippen LogP contribution in [0.1, 0.15) is 35.8 Å². The Morgan fingerprint density at radius 1 is 0.652 bits per heavy atom. The van der Waals surface area contributed by atoms with E-state index in [1.807, 2.05) is 60.7 Å². The molecule has 3 heteroatoms. The summed E-state index contributed by atoms with van der Waals surface area (Å²) in [6, 6.07) is 19.7. The van der Waals surface area contributed by atoms with Crippen molar-refractivity contribution >= 4 is 11.8 Å². The van der Waals surface area contributed by atoms with Gasteiger partial charge in [-0.05, 0) is 35.5 Å². The van der Waals surface area contributed by atoms with Crippen LogP contribution in [0.15, 0.2) is 60.7 Å². The number of hydrogen-bond donors (Lipinski definition) is 0. The van der Waals surface area contributed by atoms with Gasteiger partial charge in [0.1, 0.15) is 0 Å². The molecule has 0 spiro atoms. The van der Waals surface area contributed by atoms with Crippen LogP contribution in [0.25, 0.3) is 0 Å². The zero-order valence-corrected chi connectivity index (χ0v) is 14.2. The van der Waals surface area contributed by atoms with Gasteiger partial charge in [-0.1, -0.05) is 60.7 Å². The van der Waals surface area contributed by atoms with Gasteiger partial charge in [0.05, 0.1) is 13.3 Å². The minimum atomic E-state index is -0.318. The average Bonchev–Trinajstić information content (AvgIpc) is 2.63. The summed E-state index contributed by atoms with van der Waals surface area (Å²) >= 11 is 1.80. The fourth-order valence-corrected chi connectivity index (χ4v) is 3.78. The molecule has 2 rings (SSSR count). The van der Waals surface area contributed by atoms with Crippen molar-refractivity contribution in [3.05, 3.63) is 71.8 Å². The van der Waals surface area contributed by atoms with Crippen LogP contribution in [0.2, 0.25) is 0 Å². The standard InChI is InChI=1S/C20H24F2S/c21-15-19(17-7-3-1-4-8-17)11-13-23-14-12-20(16-22)18-9-5-2-6-10-18/h1-10,19-20H,11-16H2. The lowest BCUT2D eigenvalue weighted by atomic mass is 9.98.